The van der Waals surface area contributed by atoms with Gasteiger partial charge in [-0.1, -0.05) is 41.5 Å². The molecule has 2 aromatic rings. The summed E-state index contributed by atoms with van der Waals surface area (Å²) in [7, 11) is -2.49. The quantitative estimate of drug-likeness (QED) is 0.783. The molecule has 0 aliphatic carbocycles. The molecule has 2 rings (SSSR count). The Morgan fingerprint density at radius 1 is 1.14 bits per heavy atom. The first-order valence-corrected chi connectivity index (χ1v) is 10.4. The van der Waals surface area contributed by atoms with Crippen LogP contribution in [-0.4, -0.2) is 23.1 Å². The van der Waals surface area contributed by atoms with Crippen molar-refractivity contribution in [1.29, 1.82) is 5.26 Å². The van der Waals surface area contributed by atoms with Crippen LogP contribution < -0.4 is 0 Å². The van der Waals surface area contributed by atoms with Gasteiger partial charge in [0.1, 0.15) is 11.8 Å². The van der Waals surface area contributed by atoms with Crippen LogP contribution in [0.1, 0.15) is 58.2 Å². The van der Waals surface area contributed by atoms with Crippen molar-refractivity contribution in [3.8, 4) is 11.8 Å². The molecule has 1 heterocycles. The van der Waals surface area contributed by atoms with Gasteiger partial charge in [0.15, 0.2) is 4.91 Å². The van der Waals surface area contributed by atoms with Gasteiger partial charge in [0.25, 0.3) is 0 Å². The van der Waals surface area contributed by atoms with Gasteiger partial charge < -0.3 is 9.67 Å². The second-order valence-corrected chi connectivity index (χ2v) is 10.7. The average molecular weight is 402 g/mol. The lowest BCUT2D eigenvalue weighted by Gasteiger charge is -2.28. The number of hydrogen-bond donors (Lipinski definition) is 1. The number of aromatic hydroxyl groups is 1. The van der Waals surface area contributed by atoms with Crippen LogP contribution in [0.25, 0.3) is 6.08 Å². The fourth-order valence-corrected chi connectivity index (χ4v) is 4.16. The summed E-state index contributed by atoms with van der Waals surface area (Å²) in [5.41, 5.74) is 1.20. The van der Waals surface area contributed by atoms with E-state index in [1.165, 1.54) is 23.0 Å². The van der Waals surface area contributed by atoms with Crippen LogP contribution in [0.3, 0.4) is 0 Å². The van der Waals surface area contributed by atoms with Crippen molar-refractivity contribution in [1.82, 2.24) is 9.55 Å². The van der Waals surface area contributed by atoms with E-state index in [0.717, 1.165) is 0 Å². The fraction of sp³-hybridized carbons (Fsp3) is 0.429. The number of aryl methyl sites for hydroxylation is 1. The monoisotopic (exact) mass is 401 g/mol. The molecular weight excluding hydrogens is 374 g/mol. The van der Waals surface area contributed by atoms with Gasteiger partial charge >= 0.3 is 0 Å². The summed E-state index contributed by atoms with van der Waals surface area (Å²) in [5, 5.41) is 20.2. The molecule has 0 bridgehead atoms. The van der Waals surface area contributed by atoms with E-state index in [4.69, 9.17) is 0 Å². The highest BCUT2D eigenvalue weighted by atomic mass is 32.2. The Labute approximate surface area is 167 Å². The van der Waals surface area contributed by atoms with E-state index in [2.05, 4.69) is 4.98 Å². The molecule has 0 aliphatic heterocycles. The maximum absolute atomic E-state index is 12.9. The molecular formula is C21H27N3O3S. The molecule has 6 nitrogen and oxygen atoms in total. The number of phenolic OH excluding ortho intramolecular Hbond substituents is 1. The Balaban J connectivity index is 2.77. The van der Waals surface area contributed by atoms with Crippen LogP contribution in [0, 0.1) is 11.3 Å². The normalized spacial score (nSPS) is 13.4. The lowest BCUT2D eigenvalue weighted by atomic mass is 9.78. The first-order chi connectivity index (χ1) is 12.7. The lowest BCUT2D eigenvalue weighted by Crippen LogP contribution is -2.17. The molecule has 1 aromatic heterocycles. The zero-order valence-corrected chi connectivity index (χ0v) is 18.2. The molecule has 0 unspecified atom stereocenters. The number of sulfone groups is 1. The van der Waals surface area contributed by atoms with Gasteiger partial charge in [0.2, 0.25) is 15.0 Å². The van der Waals surface area contributed by atoms with Crippen molar-refractivity contribution >= 4 is 15.9 Å². The number of nitriles is 1. The number of hydrogen-bond acceptors (Lipinski definition) is 5. The van der Waals surface area contributed by atoms with Crippen molar-refractivity contribution < 1.29 is 13.5 Å². The van der Waals surface area contributed by atoms with Gasteiger partial charge in [-0.3, -0.25) is 0 Å². The van der Waals surface area contributed by atoms with Gasteiger partial charge in [-0.25, -0.2) is 13.4 Å². The summed E-state index contributed by atoms with van der Waals surface area (Å²) in [6.45, 7) is 11.8. The van der Waals surface area contributed by atoms with E-state index >= 15 is 0 Å². The Bertz CT molecular complexity index is 1040. The predicted molar refractivity (Wildman–Crippen MR) is 109 cm³/mol. The molecule has 1 N–H and O–H groups in total. The third kappa shape index (κ3) is 4.12. The third-order valence-corrected chi connectivity index (χ3v) is 6.13. The minimum Gasteiger partial charge on any atom is -0.507 e. The largest absolute Gasteiger partial charge is 0.507 e. The number of benzene rings is 1. The molecule has 0 saturated heterocycles. The van der Waals surface area contributed by atoms with Gasteiger partial charge in [-0.15, -0.1) is 0 Å². The average Bonchev–Trinajstić information content (AvgIpc) is 2.98. The standard InChI is InChI=1S/C21H27N3O3S/c1-20(2,3)16-11-14(12-17(18(16)25)21(4,5)6)10-15(13-22)28(26,27)19-23-8-9-24(19)7/h8-12,25H,1-7H3/b15-10-. The van der Waals surface area contributed by atoms with E-state index in [9.17, 15) is 18.8 Å². The predicted octanol–water partition coefficient (Wildman–Crippen LogP) is 4.06. The summed E-state index contributed by atoms with van der Waals surface area (Å²) >= 11 is 0. The number of aromatic nitrogens is 2. The van der Waals surface area contributed by atoms with E-state index in [-0.39, 0.29) is 21.7 Å². The highest BCUT2D eigenvalue weighted by Crippen LogP contribution is 2.40. The van der Waals surface area contributed by atoms with Crippen LogP contribution in [0.4, 0.5) is 0 Å². The molecule has 0 aliphatic rings. The highest BCUT2D eigenvalue weighted by molar-refractivity contribution is 7.95. The minimum atomic E-state index is -4.05. The van der Waals surface area contributed by atoms with Crippen molar-refractivity contribution in [3.05, 3.63) is 46.1 Å². The molecule has 0 saturated carbocycles. The van der Waals surface area contributed by atoms with Crippen LogP contribution in [-0.2, 0) is 27.7 Å². The summed E-state index contributed by atoms with van der Waals surface area (Å²) < 4.78 is 27.1. The summed E-state index contributed by atoms with van der Waals surface area (Å²) in [6.07, 6.45) is 4.23. The van der Waals surface area contributed by atoms with E-state index in [1.54, 1.807) is 25.2 Å². The molecule has 7 heteroatoms. The van der Waals surface area contributed by atoms with Crippen LogP contribution in [0.2, 0.25) is 0 Å². The van der Waals surface area contributed by atoms with E-state index in [1.807, 2.05) is 41.5 Å². The Kier molecular flexibility index (Phi) is 5.50. The first kappa shape index (κ1) is 21.7. The third-order valence-electron chi connectivity index (χ3n) is 4.46. The topological polar surface area (TPSA) is 96.0 Å². The molecule has 28 heavy (non-hydrogen) atoms. The number of rotatable bonds is 3. The minimum absolute atomic E-state index is 0.189. The zero-order chi connectivity index (χ0) is 21.5. The maximum atomic E-state index is 12.9. The summed E-state index contributed by atoms with van der Waals surface area (Å²) in [5.74, 6) is 0.197. The molecule has 0 radical (unpaired) electrons. The SMILES string of the molecule is Cn1ccnc1S(=O)(=O)/C(C#N)=C\c1cc(C(C)(C)C)c(O)c(C(C)(C)C)c1. The number of allylic oxidation sites excluding steroid dienone is 1. The first-order valence-electron chi connectivity index (χ1n) is 8.92. The summed E-state index contributed by atoms with van der Waals surface area (Å²) in [6, 6.07) is 5.26. The summed E-state index contributed by atoms with van der Waals surface area (Å²) in [4.78, 5) is 3.47. The van der Waals surface area contributed by atoms with Gasteiger partial charge in [0, 0.05) is 30.6 Å². The van der Waals surface area contributed by atoms with Crippen molar-refractivity contribution in [2.75, 3.05) is 0 Å². The van der Waals surface area contributed by atoms with E-state index in [0.29, 0.717) is 16.7 Å². The second kappa shape index (κ2) is 7.10. The Morgan fingerprint density at radius 2 is 1.64 bits per heavy atom. The van der Waals surface area contributed by atoms with Crippen molar-refractivity contribution in [3.63, 3.8) is 0 Å². The maximum Gasteiger partial charge on any atom is 0.250 e. The van der Waals surface area contributed by atoms with Crippen molar-refractivity contribution in [2.24, 2.45) is 7.05 Å². The van der Waals surface area contributed by atoms with Crippen LogP contribution in [0.5, 0.6) is 5.75 Å². The molecule has 0 atom stereocenters. The highest BCUT2D eigenvalue weighted by Gasteiger charge is 2.28. The Hall–Kier alpha value is -2.59. The van der Waals surface area contributed by atoms with Gasteiger partial charge in [0.05, 0.1) is 0 Å². The lowest BCUT2D eigenvalue weighted by molar-refractivity contribution is 0.423. The number of nitrogens with zero attached hydrogens (tertiary/aromatic N) is 3. The molecule has 150 valence electrons. The van der Waals surface area contributed by atoms with Crippen molar-refractivity contribution in [2.45, 2.75) is 57.5 Å². The van der Waals surface area contributed by atoms with Crippen LogP contribution >= 0.6 is 0 Å². The zero-order valence-electron chi connectivity index (χ0n) is 17.4. The smallest absolute Gasteiger partial charge is 0.250 e. The fourth-order valence-electron chi connectivity index (χ4n) is 2.91. The second-order valence-electron chi connectivity index (χ2n) is 8.91. The van der Waals surface area contributed by atoms with E-state index < -0.39 is 14.7 Å². The van der Waals surface area contributed by atoms with Gasteiger partial charge in [-0.05, 0) is 34.6 Å². The number of imidazole rings is 1. The number of phenols is 1. The molecule has 1 aromatic carbocycles. The van der Waals surface area contributed by atoms with Crippen LogP contribution in [0.15, 0.2) is 34.6 Å². The molecule has 0 spiro atoms. The van der Waals surface area contributed by atoms with Gasteiger partial charge in [-0.2, -0.15) is 5.26 Å². The molecule has 0 amide bonds. The molecule has 0 fully saturated rings. The Morgan fingerprint density at radius 3 is 2.00 bits per heavy atom.